The summed E-state index contributed by atoms with van der Waals surface area (Å²) in [5, 5.41) is 11.3. The van der Waals surface area contributed by atoms with E-state index in [-0.39, 0.29) is 24.6 Å². The van der Waals surface area contributed by atoms with Crippen LogP contribution in [-0.2, 0) is 11.3 Å². The van der Waals surface area contributed by atoms with E-state index in [1.807, 2.05) is 47.0 Å². The normalized spacial score (nSPS) is 10.2. The number of imidazole rings is 1. The summed E-state index contributed by atoms with van der Waals surface area (Å²) in [6.45, 7) is 0.712. The van der Waals surface area contributed by atoms with E-state index in [1.165, 1.54) is 0 Å². The first-order chi connectivity index (χ1) is 14.0. The zero-order valence-corrected chi connectivity index (χ0v) is 17.1. The maximum absolute atomic E-state index is 11.7. The number of amides is 1. The van der Waals surface area contributed by atoms with Gasteiger partial charge in [0.25, 0.3) is 5.91 Å². The summed E-state index contributed by atoms with van der Waals surface area (Å²) in [6.07, 6.45) is 1.73. The first-order valence-corrected chi connectivity index (χ1v) is 8.95. The van der Waals surface area contributed by atoms with E-state index in [1.54, 1.807) is 13.4 Å². The second kappa shape index (κ2) is 10.3. The number of aliphatic carboxylic acids is 1. The van der Waals surface area contributed by atoms with Crippen LogP contribution in [0.1, 0.15) is 16.1 Å². The Balaban J connectivity index is 0.000000405. The van der Waals surface area contributed by atoms with E-state index in [4.69, 9.17) is 10.8 Å². The Morgan fingerprint density at radius 2 is 1.77 bits per heavy atom. The van der Waals surface area contributed by atoms with Gasteiger partial charge in [-0.1, -0.05) is 48.5 Å². The fraction of sp³-hybridized carbons (Fsp3) is 0.143. The number of halogens is 1. The van der Waals surface area contributed by atoms with Gasteiger partial charge in [-0.25, -0.2) is 9.97 Å². The van der Waals surface area contributed by atoms with E-state index in [2.05, 4.69) is 27.4 Å². The van der Waals surface area contributed by atoms with Gasteiger partial charge in [0.15, 0.2) is 5.69 Å². The number of carboxylic acid groups (broad SMARTS) is 1. The third kappa shape index (κ3) is 5.11. The van der Waals surface area contributed by atoms with Crippen LogP contribution in [0.15, 0.2) is 60.9 Å². The number of carboxylic acids is 1. The molecule has 0 saturated heterocycles. The summed E-state index contributed by atoms with van der Waals surface area (Å²) < 4.78 is 2.03. The summed E-state index contributed by atoms with van der Waals surface area (Å²) >= 11 is 0. The lowest BCUT2D eigenvalue weighted by atomic mass is 10.1. The molecule has 0 saturated carbocycles. The van der Waals surface area contributed by atoms with Gasteiger partial charge in [0.05, 0.1) is 23.9 Å². The molecule has 156 valence electrons. The third-order valence-electron chi connectivity index (χ3n) is 4.21. The topological polar surface area (TPSA) is 123 Å². The monoisotopic (exact) mass is 427 g/mol. The van der Waals surface area contributed by atoms with Crippen LogP contribution >= 0.6 is 12.4 Å². The molecule has 4 N–H and O–H groups in total. The minimum atomic E-state index is -0.822. The van der Waals surface area contributed by atoms with Crippen molar-refractivity contribution in [2.24, 2.45) is 5.73 Å². The summed E-state index contributed by atoms with van der Waals surface area (Å²) in [7, 11) is 1.59. The van der Waals surface area contributed by atoms with Gasteiger partial charge in [0.1, 0.15) is 5.52 Å². The fourth-order valence-corrected chi connectivity index (χ4v) is 3.01. The molecule has 1 amide bonds. The van der Waals surface area contributed by atoms with Gasteiger partial charge < -0.3 is 20.7 Å². The zero-order valence-electron chi connectivity index (χ0n) is 16.3. The van der Waals surface area contributed by atoms with Crippen molar-refractivity contribution in [2.75, 3.05) is 13.6 Å². The van der Waals surface area contributed by atoms with E-state index in [0.717, 1.165) is 22.0 Å². The third-order valence-corrected chi connectivity index (χ3v) is 4.21. The molecule has 0 aliphatic carbocycles. The fourth-order valence-electron chi connectivity index (χ4n) is 3.01. The molecule has 0 aliphatic heterocycles. The van der Waals surface area contributed by atoms with Crippen molar-refractivity contribution in [2.45, 2.75) is 6.54 Å². The highest BCUT2D eigenvalue weighted by Crippen LogP contribution is 2.26. The van der Waals surface area contributed by atoms with E-state index in [0.29, 0.717) is 12.1 Å². The van der Waals surface area contributed by atoms with Crippen LogP contribution in [0.3, 0.4) is 0 Å². The number of nitrogens with two attached hydrogens (primary N) is 1. The van der Waals surface area contributed by atoms with Crippen LogP contribution in [0.5, 0.6) is 0 Å². The average Bonchev–Trinajstić information content (AvgIpc) is 3.12. The number of carbonyl (C=O) groups is 2. The molecule has 0 radical (unpaired) electrons. The molecule has 9 heteroatoms. The second-order valence-corrected chi connectivity index (χ2v) is 6.32. The molecular weight excluding hydrogens is 406 g/mol. The first-order valence-electron chi connectivity index (χ1n) is 8.95. The van der Waals surface area contributed by atoms with Crippen LogP contribution < -0.4 is 11.1 Å². The maximum atomic E-state index is 11.7. The highest BCUT2D eigenvalue weighted by atomic mass is 35.5. The summed E-state index contributed by atoms with van der Waals surface area (Å²) in [4.78, 5) is 30.0. The molecule has 0 unspecified atom stereocenters. The highest BCUT2D eigenvalue weighted by Gasteiger charge is 2.17. The Kier molecular flexibility index (Phi) is 7.85. The van der Waals surface area contributed by atoms with Crippen LogP contribution in [-0.4, -0.2) is 45.1 Å². The molecule has 0 spiro atoms. The second-order valence-electron chi connectivity index (χ2n) is 6.32. The smallest absolute Gasteiger partial charge is 0.317 e. The van der Waals surface area contributed by atoms with Crippen molar-refractivity contribution in [3.8, 4) is 0 Å². The molecule has 4 rings (SSSR count). The molecule has 0 bridgehead atoms. The van der Waals surface area contributed by atoms with Gasteiger partial charge in [-0.15, -0.1) is 12.4 Å². The lowest BCUT2D eigenvalue weighted by molar-refractivity contribution is -0.135. The van der Waals surface area contributed by atoms with Gasteiger partial charge in [-0.05, 0) is 18.7 Å². The highest BCUT2D eigenvalue weighted by molar-refractivity contribution is 6.11. The molecule has 2 heterocycles. The van der Waals surface area contributed by atoms with Gasteiger partial charge >= 0.3 is 5.97 Å². The summed E-state index contributed by atoms with van der Waals surface area (Å²) in [5.74, 6) is -1.39. The average molecular weight is 428 g/mol. The van der Waals surface area contributed by atoms with Crippen LogP contribution in [0, 0.1) is 0 Å². The predicted molar refractivity (Wildman–Crippen MR) is 118 cm³/mol. The molecule has 2 aromatic heterocycles. The SMILES string of the molecule is CNCC(=O)O.Cl.NC(=O)c1nc2ccccc2c2c1ncn2Cc1ccccc1. The number of hydrogen-bond donors (Lipinski definition) is 3. The number of nitrogens with one attached hydrogen (secondary N) is 1. The number of likely N-dealkylation sites (N-methyl/N-ethyl adjacent to an activating group) is 1. The minimum absolute atomic E-state index is 0. The van der Waals surface area contributed by atoms with Gasteiger partial charge in [0, 0.05) is 11.9 Å². The number of hydrogen-bond acceptors (Lipinski definition) is 5. The standard InChI is InChI=1S/C18H14N4O.C3H7NO2.ClH/c19-18(23)16-15-17(13-8-4-5-9-14(13)21-16)22(11-20-15)10-12-6-2-1-3-7-12;1-4-2-3(5)6;/h1-9,11H,10H2,(H2,19,23);4H,2H2,1H3,(H,5,6);1H. The van der Waals surface area contributed by atoms with Crippen LogP contribution in [0.4, 0.5) is 0 Å². The summed E-state index contributed by atoms with van der Waals surface area (Å²) in [5.41, 5.74) is 9.03. The van der Waals surface area contributed by atoms with Gasteiger partial charge in [-0.3, -0.25) is 9.59 Å². The molecule has 0 fully saturated rings. The number of rotatable bonds is 5. The quantitative estimate of drug-likeness (QED) is 0.449. The number of carbonyl (C=O) groups excluding carboxylic acids is 1. The van der Waals surface area contributed by atoms with Gasteiger partial charge in [-0.2, -0.15) is 0 Å². The maximum Gasteiger partial charge on any atom is 0.317 e. The lowest BCUT2D eigenvalue weighted by Gasteiger charge is -2.08. The number of aromatic nitrogens is 3. The Morgan fingerprint density at radius 1 is 1.10 bits per heavy atom. The summed E-state index contributed by atoms with van der Waals surface area (Å²) in [6, 6.07) is 17.8. The number of para-hydroxylation sites is 1. The van der Waals surface area contributed by atoms with E-state index in [9.17, 15) is 9.59 Å². The largest absolute Gasteiger partial charge is 0.480 e. The number of primary amides is 1. The van der Waals surface area contributed by atoms with Crippen LogP contribution in [0.2, 0.25) is 0 Å². The van der Waals surface area contributed by atoms with Crippen molar-refractivity contribution >= 4 is 46.2 Å². The zero-order chi connectivity index (χ0) is 20.8. The van der Waals surface area contributed by atoms with E-state index < -0.39 is 11.9 Å². The molecular formula is C21H22ClN5O3. The minimum Gasteiger partial charge on any atom is -0.480 e. The van der Waals surface area contributed by atoms with Crippen molar-refractivity contribution in [1.29, 1.82) is 0 Å². The Labute approximate surface area is 179 Å². The van der Waals surface area contributed by atoms with Crippen molar-refractivity contribution in [3.63, 3.8) is 0 Å². The molecule has 0 aliphatic rings. The van der Waals surface area contributed by atoms with E-state index >= 15 is 0 Å². The number of pyridine rings is 1. The molecule has 4 aromatic rings. The Hall–Kier alpha value is -3.49. The van der Waals surface area contributed by atoms with Crippen molar-refractivity contribution in [1.82, 2.24) is 19.9 Å². The molecule has 2 aromatic carbocycles. The Morgan fingerprint density at radius 3 is 2.37 bits per heavy atom. The molecule has 8 nitrogen and oxygen atoms in total. The molecule has 30 heavy (non-hydrogen) atoms. The number of nitrogens with zero attached hydrogens (tertiary/aromatic N) is 3. The lowest BCUT2D eigenvalue weighted by Crippen LogP contribution is -2.16. The molecule has 0 atom stereocenters. The predicted octanol–water partition coefficient (Wildman–Crippen LogP) is 2.44. The number of benzene rings is 2. The Bertz CT molecular complexity index is 1160. The van der Waals surface area contributed by atoms with Crippen molar-refractivity contribution in [3.05, 3.63) is 72.2 Å². The first kappa shape index (κ1) is 22.8. The van der Waals surface area contributed by atoms with Crippen LogP contribution in [0.25, 0.3) is 21.9 Å². The van der Waals surface area contributed by atoms with Gasteiger partial charge in [0.2, 0.25) is 0 Å². The van der Waals surface area contributed by atoms with Crippen molar-refractivity contribution < 1.29 is 14.7 Å². The number of fused-ring (bicyclic) bond motifs is 3.